The minimum absolute atomic E-state index is 0.228. The van der Waals surface area contributed by atoms with Gasteiger partial charge in [-0.3, -0.25) is 9.69 Å². The van der Waals surface area contributed by atoms with Gasteiger partial charge in [0.05, 0.1) is 4.34 Å². The summed E-state index contributed by atoms with van der Waals surface area (Å²) < 4.78 is 26.9. The lowest BCUT2D eigenvalue weighted by Gasteiger charge is -2.36. The van der Waals surface area contributed by atoms with Crippen molar-refractivity contribution in [2.45, 2.75) is 23.6 Å². The van der Waals surface area contributed by atoms with E-state index in [0.717, 1.165) is 11.3 Å². The first kappa shape index (κ1) is 16.7. The third kappa shape index (κ3) is 3.57. The standard InChI is InChI=1S/C12H17ClN2O4S2/c1-2-9(12(16)17)14-5-7-15(8-6-14)21(18,19)11-4-3-10(13)20-11/h3-4,9H,2,5-8H2,1H3,(H,16,17). The summed E-state index contributed by atoms with van der Waals surface area (Å²) in [6, 6.07) is 2.51. The lowest BCUT2D eigenvalue weighted by atomic mass is 10.1. The van der Waals surface area contributed by atoms with Crippen molar-refractivity contribution in [3.8, 4) is 0 Å². The van der Waals surface area contributed by atoms with E-state index in [1.54, 1.807) is 6.07 Å². The summed E-state index contributed by atoms with van der Waals surface area (Å²) in [5, 5.41) is 9.15. The number of carboxylic acids is 1. The molecule has 0 radical (unpaired) electrons. The molecule has 0 aliphatic carbocycles. The Morgan fingerprint density at radius 2 is 2.00 bits per heavy atom. The SMILES string of the molecule is CCC(C(=O)O)N1CCN(S(=O)(=O)c2ccc(Cl)s2)CC1. The molecule has 0 amide bonds. The molecule has 1 fully saturated rings. The number of aliphatic carboxylic acids is 1. The zero-order valence-corrected chi connectivity index (χ0v) is 13.9. The van der Waals surface area contributed by atoms with E-state index in [0.29, 0.717) is 36.9 Å². The van der Waals surface area contributed by atoms with E-state index in [1.807, 2.05) is 11.8 Å². The van der Waals surface area contributed by atoms with Gasteiger partial charge in [0.25, 0.3) is 10.0 Å². The van der Waals surface area contributed by atoms with Gasteiger partial charge in [-0.25, -0.2) is 8.42 Å². The molecule has 1 N–H and O–H groups in total. The fourth-order valence-electron chi connectivity index (χ4n) is 2.41. The maximum atomic E-state index is 12.4. The van der Waals surface area contributed by atoms with E-state index in [1.165, 1.54) is 10.4 Å². The second-order valence-electron chi connectivity index (χ2n) is 4.76. The Labute approximate surface area is 133 Å². The van der Waals surface area contributed by atoms with E-state index < -0.39 is 22.0 Å². The Bertz CT molecular complexity index is 609. The molecule has 2 rings (SSSR count). The number of hydrogen-bond acceptors (Lipinski definition) is 5. The molecule has 1 aromatic rings. The second kappa shape index (κ2) is 6.62. The van der Waals surface area contributed by atoms with Gasteiger partial charge in [-0.2, -0.15) is 4.31 Å². The summed E-state index contributed by atoms with van der Waals surface area (Å²) in [7, 11) is -3.52. The third-order valence-corrected chi connectivity index (χ3v) is 7.13. The first-order chi connectivity index (χ1) is 9.86. The molecule has 0 aromatic carbocycles. The number of thiophene rings is 1. The normalized spacial score (nSPS) is 19.5. The number of nitrogens with zero attached hydrogens (tertiary/aromatic N) is 2. The van der Waals surface area contributed by atoms with E-state index in [2.05, 4.69) is 0 Å². The van der Waals surface area contributed by atoms with Gasteiger partial charge in [0.1, 0.15) is 10.3 Å². The van der Waals surface area contributed by atoms with Crippen LogP contribution in [0.4, 0.5) is 0 Å². The van der Waals surface area contributed by atoms with Crippen LogP contribution in [0.2, 0.25) is 4.34 Å². The fraction of sp³-hybridized carbons (Fsp3) is 0.583. The van der Waals surface area contributed by atoms with Gasteiger partial charge in [-0.05, 0) is 18.6 Å². The van der Waals surface area contributed by atoms with Crippen molar-refractivity contribution < 1.29 is 18.3 Å². The smallest absolute Gasteiger partial charge is 0.320 e. The average molecular weight is 353 g/mol. The van der Waals surface area contributed by atoms with E-state index in [9.17, 15) is 13.2 Å². The Kier molecular flexibility index (Phi) is 5.26. The number of halogens is 1. The van der Waals surface area contributed by atoms with Gasteiger partial charge in [0, 0.05) is 26.2 Å². The van der Waals surface area contributed by atoms with Crippen LogP contribution in [0.3, 0.4) is 0 Å². The highest BCUT2D eigenvalue weighted by Crippen LogP contribution is 2.28. The molecule has 1 aliphatic heterocycles. The molecular weight excluding hydrogens is 336 g/mol. The van der Waals surface area contributed by atoms with E-state index in [4.69, 9.17) is 16.7 Å². The Morgan fingerprint density at radius 3 is 2.43 bits per heavy atom. The molecule has 21 heavy (non-hydrogen) atoms. The number of sulfonamides is 1. The Morgan fingerprint density at radius 1 is 1.38 bits per heavy atom. The van der Waals surface area contributed by atoms with Crippen molar-refractivity contribution in [1.29, 1.82) is 0 Å². The van der Waals surface area contributed by atoms with Crippen molar-refractivity contribution in [2.75, 3.05) is 26.2 Å². The predicted octanol–water partition coefficient (Wildman–Crippen LogP) is 1.57. The van der Waals surface area contributed by atoms with Crippen LogP contribution in [0.5, 0.6) is 0 Å². The molecule has 0 spiro atoms. The molecule has 0 saturated carbocycles. The summed E-state index contributed by atoms with van der Waals surface area (Å²) in [6.07, 6.45) is 0.503. The van der Waals surface area contributed by atoms with Gasteiger partial charge < -0.3 is 5.11 Å². The van der Waals surface area contributed by atoms with Crippen molar-refractivity contribution in [3.05, 3.63) is 16.5 Å². The molecule has 118 valence electrons. The fourth-order valence-corrected chi connectivity index (χ4v) is 5.47. The van der Waals surface area contributed by atoms with Crippen LogP contribution in [-0.2, 0) is 14.8 Å². The van der Waals surface area contributed by atoms with E-state index >= 15 is 0 Å². The molecule has 6 nitrogen and oxygen atoms in total. The lowest BCUT2D eigenvalue weighted by molar-refractivity contribution is -0.143. The van der Waals surface area contributed by atoms with Crippen LogP contribution in [0.15, 0.2) is 16.3 Å². The van der Waals surface area contributed by atoms with Crippen LogP contribution < -0.4 is 0 Å². The largest absolute Gasteiger partial charge is 0.480 e. The zero-order chi connectivity index (χ0) is 15.6. The van der Waals surface area contributed by atoms with Gasteiger partial charge in [0.15, 0.2) is 0 Å². The first-order valence-electron chi connectivity index (χ1n) is 6.58. The number of carbonyl (C=O) groups is 1. The second-order valence-corrected chi connectivity index (χ2v) is 8.64. The molecule has 9 heteroatoms. The zero-order valence-electron chi connectivity index (χ0n) is 11.5. The minimum atomic E-state index is -3.52. The highest BCUT2D eigenvalue weighted by atomic mass is 35.5. The van der Waals surface area contributed by atoms with Crippen LogP contribution in [0, 0.1) is 0 Å². The summed E-state index contributed by atoms with van der Waals surface area (Å²) in [5.41, 5.74) is 0. The minimum Gasteiger partial charge on any atom is -0.480 e. The van der Waals surface area contributed by atoms with Gasteiger partial charge >= 0.3 is 5.97 Å². The van der Waals surface area contributed by atoms with Crippen LogP contribution in [0.25, 0.3) is 0 Å². The van der Waals surface area contributed by atoms with Gasteiger partial charge in [-0.1, -0.05) is 18.5 Å². The van der Waals surface area contributed by atoms with Gasteiger partial charge in [-0.15, -0.1) is 11.3 Å². The molecule has 1 atom stereocenters. The highest BCUT2D eigenvalue weighted by Gasteiger charge is 2.33. The number of rotatable bonds is 5. The van der Waals surface area contributed by atoms with Crippen LogP contribution >= 0.6 is 22.9 Å². The maximum absolute atomic E-state index is 12.4. The molecule has 0 bridgehead atoms. The molecule has 1 aliphatic rings. The van der Waals surface area contributed by atoms with Crippen LogP contribution in [-0.4, -0.2) is 60.9 Å². The van der Waals surface area contributed by atoms with Crippen molar-refractivity contribution in [1.82, 2.24) is 9.21 Å². The Balaban J connectivity index is 2.05. The van der Waals surface area contributed by atoms with Crippen molar-refractivity contribution >= 4 is 38.9 Å². The monoisotopic (exact) mass is 352 g/mol. The van der Waals surface area contributed by atoms with E-state index in [-0.39, 0.29) is 4.21 Å². The number of piperazine rings is 1. The molecule has 1 aromatic heterocycles. The first-order valence-corrected chi connectivity index (χ1v) is 9.22. The van der Waals surface area contributed by atoms with Crippen LogP contribution in [0.1, 0.15) is 13.3 Å². The summed E-state index contributed by atoms with van der Waals surface area (Å²) in [6.45, 7) is 3.24. The topological polar surface area (TPSA) is 77.9 Å². The van der Waals surface area contributed by atoms with Gasteiger partial charge in [0.2, 0.25) is 0 Å². The maximum Gasteiger partial charge on any atom is 0.320 e. The number of hydrogen-bond donors (Lipinski definition) is 1. The lowest BCUT2D eigenvalue weighted by Crippen LogP contribution is -2.53. The predicted molar refractivity (Wildman–Crippen MR) is 81.4 cm³/mol. The highest BCUT2D eigenvalue weighted by molar-refractivity contribution is 7.91. The quantitative estimate of drug-likeness (QED) is 0.870. The molecule has 1 saturated heterocycles. The molecular formula is C12H17ClN2O4S2. The molecule has 1 unspecified atom stereocenters. The molecule has 2 heterocycles. The average Bonchev–Trinajstić information content (AvgIpc) is 2.87. The van der Waals surface area contributed by atoms with Crippen molar-refractivity contribution in [2.24, 2.45) is 0 Å². The summed E-state index contributed by atoms with van der Waals surface area (Å²) >= 11 is 6.82. The number of carboxylic acid groups (broad SMARTS) is 1. The summed E-state index contributed by atoms with van der Waals surface area (Å²) in [5.74, 6) is -0.862. The summed E-state index contributed by atoms with van der Waals surface area (Å²) in [4.78, 5) is 13.0. The third-order valence-electron chi connectivity index (χ3n) is 3.53. The Hall–Kier alpha value is -0.670. The van der Waals surface area contributed by atoms with Crippen molar-refractivity contribution in [3.63, 3.8) is 0 Å².